The van der Waals surface area contributed by atoms with E-state index in [-0.39, 0.29) is 12.2 Å². The fourth-order valence-corrected chi connectivity index (χ4v) is 2.26. The summed E-state index contributed by atoms with van der Waals surface area (Å²) >= 11 is 3.14. The minimum Gasteiger partial charge on any atom is -0.388 e. The van der Waals surface area contributed by atoms with Crippen molar-refractivity contribution in [1.29, 1.82) is 0 Å². The third kappa shape index (κ3) is 4.16. The monoisotopic (exact) mass is 346 g/mol. The largest absolute Gasteiger partial charge is 0.388 e. The lowest BCUT2D eigenvalue weighted by molar-refractivity contribution is -0.0598. The summed E-state index contributed by atoms with van der Waals surface area (Å²) in [6.07, 6.45) is 0.944. The van der Waals surface area contributed by atoms with Gasteiger partial charge in [-0.1, -0.05) is 15.9 Å². The van der Waals surface area contributed by atoms with Crippen molar-refractivity contribution < 1.29 is 19.0 Å². The Labute approximate surface area is 124 Å². The van der Waals surface area contributed by atoms with Crippen molar-refractivity contribution in [2.45, 2.75) is 18.4 Å². The van der Waals surface area contributed by atoms with E-state index in [4.69, 9.17) is 4.74 Å². The van der Waals surface area contributed by atoms with Gasteiger partial charge in [0.25, 0.3) is 0 Å². The number of halogens is 2. The standard InChI is InChI=1S/C13H16BrFN2O3/c14-9-1-2-11(10(15)7-9)17-12(18)16-8-13(19)3-5-20-6-4-13/h1-2,7,19H,3-6,8H2,(H2,16,17,18). The maximum Gasteiger partial charge on any atom is 0.319 e. The van der Waals surface area contributed by atoms with Gasteiger partial charge >= 0.3 is 6.03 Å². The molecule has 1 aliphatic heterocycles. The second-order valence-electron chi connectivity index (χ2n) is 4.77. The van der Waals surface area contributed by atoms with Gasteiger partial charge in [0, 0.05) is 37.1 Å². The lowest BCUT2D eigenvalue weighted by Crippen LogP contribution is -2.47. The number of anilines is 1. The fourth-order valence-electron chi connectivity index (χ4n) is 1.93. The first-order valence-corrected chi connectivity index (χ1v) is 7.08. The van der Waals surface area contributed by atoms with Crippen LogP contribution in [-0.2, 0) is 4.74 Å². The average Bonchev–Trinajstić information content (AvgIpc) is 2.41. The zero-order valence-corrected chi connectivity index (χ0v) is 12.4. The molecule has 1 fully saturated rings. The van der Waals surface area contributed by atoms with Gasteiger partial charge in [0.15, 0.2) is 0 Å². The van der Waals surface area contributed by atoms with Gasteiger partial charge in [0.2, 0.25) is 0 Å². The van der Waals surface area contributed by atoms with E-state index in [9.17, 15) is 14.3 Å². The molecule has 1 saturated heterocycles. The van der Waals surface area contributed by atoms with Crippen LogP contribution in [0.25, 0.3) is 0 Å². The van der Waals surface area contributed by atoms with Crippen molar-refractivity contribution in [3.8, 4) is 0 Å². The maximum absolute atomic E-state index is 13.5. The van der Waals surface area contributed by atoms with Crippen molar-refractivity contribution in [2.75, 3.05) is 25.1 Å². The van der Waals surface area contributed by atoms with Gasteiger partial charge in [-0.3, -0.25) is 0 Å². The van der Waals surface area contributed by atoms with Crippen LogP contribution in [0, 0.1) is 5.82 Å². The molecule has 1 aromatic rings. The van der Waals surface area contributed by atoms with E-state index in [1.165, 1.54) is 12.1 Å². The molecule has 110 valence electrons. The van der Waals surface area contributed by atoms with E-state index >= 15 is 0 Å². The van der Waals surface area contributed by atoms with Gasteiger partial charge in [0.05, 0.1) is 11.3 Å². The molecule has 0 spiro atoms. The van der Waals surface area contributed by atoms with E-state index < -0.39 is 17.4 Å². The zero-order chi connectivity index (χ0) is 14.6. The van der Waals surface area contributed by atoms with Crippen LogP contribution in [0.1, 0.15) is 12.8 Å². The van der Waals surface area contributed by atoms with Gasteiger partial charge in [-0.05, 0) is 18.2 Å². The zero-order valence-electron chi connectivity index (χ0n) is 10.8. The van der Waals surface area contributed by atoms with E-state index in [1.807, 2.05) is 0 Å². The third-order valence-corrected chi connectivity index (χ3v) is 3.67. The number of rotatable bonds is 3. The average molecular weight is 347 g/mol. The van der Waals surface area contributed by atoms with Crippen molar-refractivity contribution in [3.05, 3.63) is 28.5 Å². The first-order valence-electron chi connectivity index (χ1n) is 6.29. The highest BCUT2D eigenvalue weighted by molar-refractivity contribution is 9.10. The molecule has 3 N–H and O–H groups in total. The predicted octanol–water partition coefficient (Wildman–Crippen LogP) is 2.25. The Morgan fingerprint density at radius 1 is 1.45 bits per heavy atom. The summed E-state index contributed by atoms with van der Waals surface area (Å²) in [6.45, 7) is 1.06. The number of urea groups is 1. The van der Waals surface area contributed by atoms with Gasteiger partial charge in [-0.15, -0.1) is 0 Å². The first-order chi connectivity index (χ1) is 9.48. The molecular weight excluding hydrogens is 331 g/mol. The second-order valence-corrected chi connectivity index (χ2v) is 5.68. The normalized spacial score (nSPS) is 17.6. The number of hydrogen-bond acceptors (Lipinski definition) is 3. The molecule has 0 bridgehead atoms. The van der Waals surface area contributed by atoms with Crippen LogP contribution >= 0.6 is 15.9 Å². The van der Waals surface area contributed by atoms with Crippen LogP contribution in [0.2, 0.25) is 0 Å². The number of carbonyl (C=O) groups is 1. The molecule has 2 amide bonds. The van der Waals surface area contributed by atoms with Crippen molar-refractivity contribution in [2.24, 2.45) is 0 Å². The van der Waals surface area contributed by atoms with Gasteiger partial charge < -0.3 is 20.5 Å². The van der Waals surface area contributed by atoms with E-state index in [0.717, 1.165) is 0 Å². The minimum atomic E-state index is -0.951. The molecule has 1 aliphatic rings. The van der Waals surface area contributed by atoms with Crippen molar-refractivity contribution in [1.82, 2.24) is 5.32 Å². The Morgan fingerprint density at radius 3 is 2.80 bits per heavy atom. The molecule has 1 heterocycles. The van der Waals surface area contributed by atoms with E-state index in [2.05, 4.69) is 26.6 Å². The van der Waals surface area contributed by atoms with Gasteiger partial charge in [0.1, 0.15) is 5.82 Å². The Morgan fingerprint density at radius 2 is 2.15 bits per heavy atom. The molecule has 0 aliphatic carbocycles. The Hall–Kier alpha value is -1.18. The smallest absolute Gasteiger partial charge is 0.319 e. The highest BCUT2D eigenvalue weighted by Crippen LogP contribution is 2.20. The lowest BCUT2D eigenvalue weighted by atomic mass is 9.94. The Bertz CT molecular complexity index is 493. The van der Waals surface area contributed by atoms with E-state index in [1.54, 1.807) is 6.07 Å². The predicted molar refractivity (Wildman–Crippen MR) is 76.1 cm³/mol. The summed E-state index contributed by atoms with van der Waals surface area (Å²) in [5, 5.41) is 15.1. The second kappa shape index (κ2) is 6.51. The molecule has 1 aromatic carbocycles. The van der Waals surface area contributed by atoms with Crippen LogP contribution in [0.3, 0.4) is 0 Å². The number of nitrogens with one attached hydrogen (secondary N) is 2. The lowest BCUT2D eigenvalue weighted by Gasteiger charge is -2.32. The summed E-state index contributed by atoms with van der Waals surface area (Å²) in [6, 6.07) is 3.81. The molecule has 0 radical (unpaired) electrons. The van der Waals surface area contributed by atoms with Crippen molar-refractivity contribution in [3.63, 3.8) is 0 Å². The molecule has 0 saturated carbocycles. The number of amides is 2. The molecule has 2 rings (SSSR count). The Kier molecular flexibility index (Phi) is 4.95. The highest BCUT2D eigenvalue weighted by atomic mass is 79.9. The van der Waals surface area contributed by atoms with Crippen LogP contribution in [-0.4, -0.2) is 36.5 Å². The fraction of sp³-hybridized carbons (Fsp3) is 0.462. The molecule has 5 nitrogen and oxygen atoms in total. The number of carbonyl (C=O) groups excluding carboxylic acids is 1. The summed E-state index contributed by atoms with van der Waals surface area (Å²) in [4.78, 5) is 11.7. The number of hydrogen-bond donors (Lipinski definition) is 3. The molecule has 0 unspecified atom stereocenters. The third-order valence-electron chi connectivity index (χ3n) is 3.18. The summed E-state index contributed by atoms with van der Waals surface area (Å²) in [7, 11) is 0. The quantitative estimate of drug-likeness (QED) is 0.786. The molecule has 0 atom stereocenters. The SMILES string of the molecule is O=C(NCC1(O)CCOCC1)Nc1ccc(Br)cc1F. The summed E-state index contributed by atoms with van der Waals surface area (Å²) < 4.78 is 19.3. The molecule has 0 aromatic heterocycles. The molecular formula is C13H16BrFN2O3. The highest BCUT2D eigenvalue weighted by Gasteiger charge is 2.30. The van der Waals surface area contributed by atoms with Crippen molar-refractivity contribution >= 4 is 27.6 Å². The number of benzene rings is 1. The summed E-state index contributed by atoms with van der Waals surface area (Å²) in [5.41, 5.74) is -0.863. The summed E-state index contributed by atoms with van der Waals surface area (Å²) in [5.74, 6) is -0.528. The molecule has 7 heteroatoms. The van der Waals surface area contributed by atoms with Gasteiger partial charge in [-0.2, -0.15) is 0 Å². The van der Waals surface area contributed by atoms with E-state index in [0.29, 0.717) is 30.5 Å². The topological polar surface area (TPSA) is 70.6 Å². The van der Waals surface area contributed by atoms with Crippen LogP contribution < -0.4 is 10.6 Å². The molecule has 20 heavy (non-hydrogen) atoms. The van der Waals surface area contributed by atoms with Gasteiger partial charge in [-0.25, -0.2) is 9.18 Å². The first kappa shape index (κ1) is 15.2. The maximum atomic E-state index is 13.5. The number of ether oxygens (including phenoxy) is 1. The van der Waals surface area contributed by atoms with Crippen LogP contribution in [0.5, 0.6) is 0 Å². The number of aliphatic hydroxyl groups is 1. The Balaban J connectivity index is 1.86. The van der Waals surface area contributed by atoms with Crippen LogP contribution in [0.15, 0.2) is 22.7 Å². The minimum absolute atomic E-state index is 0.0877. The van der Waals surface area contributed by atoms with Crippen LogP contribution in [0.4, 0.5) is 14.9 Å².